The minimum absolute atomic E-state index is 0.762. The minimum Gasteiger partial charge on any atom is -0.379 e. The molecular weight excluding hydrogens is 214 g/mol. The first kappa shape index (κ1) is 11.9. The number of nitrogens with zero attached hydrogens (tertiary/aromatic N) is 2. The van der Waals surface area contributed by atoms with Gasteiger partial charge in [0.05, 0.1) is 13.2 Å². The van der Waals surface area contributed by atoms with E-state index >= 15 is 0 Å². The third kappa shape index (κ3) is 2.99. The highest BCUT2D eigenvalue weighted by atomic mass is 16.5. The Morgan fingerprint density at radius 2 is 2.00 bits per heavy atom. The predicted octanol–water partition coefficient (Wildman–Crippen LogP) is 0.145. The van der Waals surface area contributed by atoms with Gasteiger partial charge in [-0.1, -0.05) is 0 Å². The zero-order valence-corrected chi connectivity index (χ0v) is 10.7. The van der Waals surface area contributed by atoms with Crippen LogP contribution in [0.1, 0.15) is 19.3 Å². The average molecular weight is 239 g/mol. The highest BCUT2D eigenvalue weighted by Gasteiger charge is 2.30. The second-order valence-electron chi connectivity index (χ2n) is 5.64. The van der Waals surface area contributed by atoms with Crippen molar-refractivity contribution in [2.24, 2.45) is 0 Å². The lowest BCUT2D eigenvalue weighted by Gasteiger charge is -2.32. The van der Waals surface area contributed by atoms with Crippen LogP contribution < -0.4 is 5.32 Å². The van der Waals surface area contributed by atoms with Crippen molar-refractivity contribution in [1.82, 2.24) is 15.1 Å². The molecule has 0 amide bonds. The predicted molar refractivity (Wildman–Crippen MR) is 68.3 cm³/mol. The van der Waals surface area contributed by atoms with E-state index in [0.29, 0.717) is 0 Å². The fourth-order valence-corrected chi connectivity index (χ4v) is 3.44. The van der Waals surface area contributed by atoms with Gasteiger partial charge in [0.1, 0.15) is 0 Å². The molecule has 1 N–H and O–H groups in total. The summed E-state index contributed by atoms with van der Waals surface area (Å²) in [5, 5.41) is 3.60. The van der Waals surface area contributed by atoms with Gasteiger partial charge >= 0.3 is 0 Å². The van der Waals surface area contributed by atoms with E-state index in [4.69, 9.17) is 4.74 Å². The van der Waals surface area contributed by atoms with Crippen molar-refractivity contribution in [2.75, 3.05) is 52.5 Å². The van der Waals surface area contributed by atoms with Crippen LogP contribution in [-0.4, -0.2) is 74.4 Å². The largest absolute Gasteiger partial charge is 0.379 e. The summed E-state index contributed by atoms with van der Waals surface area (Å²) in [6.07, 6.45) is 4.09. The Hall–Kier alpha value is -0.160. The maximum Gasteiger partial charge on any atom is 0.0594 e. The fraction of sp³-hybridized carbons (Fsp3) is 1.00. The monoisotopic (exact) mass is 239 g/mol. The molecule has 0 aromatic heterocycles. The second-order valence-corrected chi connectivity index (χ2v) is 5.64. The van der Waals surface area contributed by atoms with E-state index < -0.39 is 0 Å². The van der Waals surface area contributed by atoms with Gasteiger partial charge < -0.3 is 15.0 Å². The highest BCUT2D eigenvalue weighted by Crippen LogP contribution is 2.18. The lowest BCUT2D eigenvalue weighted by atomic mass is 10.2. The maximum atomic E-state index is 5.43. The van der Waals surface area contributed by atoms with E-state index in [1.807, 2.05) is 0 Å². The van der Waals surface area contributed by atoms with E-state index in [1.54, 1.807) is 0 Å². The van der Waals surface area contributed by atoms with Crippen LogP contribution in [0.25, 0.3) is 0 Å². The summed E-state index contributed by atoms with van der Waals surface area (Å²) in [6, 6.07) is 1.55. The van der Waals surface area contributed by atoms with Crippen molar-refractivity contribution >= 4 is 0 Å². The van der Waals surface area contributed by atoms with Crippen LogP contribution in [0.3, 0.4) is 0 Å². The lowest BCUT2D eigenvalue weighted by Crippen LogP contribution is -2.45. The van der Waals surface area contributed by atoms with Crippen LogP contribution >= 0.6 is 0 Å². The van der Waals surface area contributed by atoms with E-state index in [1.165, 1.54) is 45.4 Å². The highest BCUT2D eigenvalue weighted by molar-refractivity contribution is 4.87. The molecule has 0 aromatic carbocycles. The molecule has 98 valence electrons. The summed E-state index contributed by atoms with van der Waals surface area (Å²) in [5.41, 5.74) is 0. The van der Waals surface area contributed by atoms with Crippen molar-refractivity contribution in [2.45, 2.75) is 31.3 Å². The van der Waals surface area contributed by atoms with Crippen LogP contribution in [-0.2, 0) is 4.74 Å². The summed E-state index contributed by atoms with van der Waals surface area (Å²) in [4.78, 5) is 5.29. The van der Waals surface area contributed by atoms with Crippen molar-refractivity contribution in [3.8, 4) is 0 Å². The molecule has 3 fully saturated rings. The fourth-order valence-electron chi connectivity index (χ4n) is 3.44. The Morgan fingerprint density at radius 1 is 1.12 bits per heavy atom. The van der Waals surface area contributed by atoms with Crippen LogP contribution in [0, 0.1) is 0 Å². The first-order valence-corrected chi connectivity index (χ1v) is 7.19. The third-order valence-electron chi connectivity index (χ3n) is 4.45. The van der Waals surface area contributed by atoms with E-state index in [2.05, 4.69) is 15.1 Å². The zero-order valence-electron chi connectivity index (χ0n) is 10.7. The quantitative estimate of drug-likeness (QED) is 0.758. The van der Waals surface area contributed by atoms with Crippen LogP contribution in [0.5, 0.6) is 0 Å². The van der Waals surface area contributed by atoms with Crippen molar-refractivity contribution in [1.29, 1.82) is 0 Å². The topological polar surface area (TPSA) is 27.7 Å². The minimum atomic E-state index is 0.762. The molecule has 0 saturated carbocycles. The summed E-state index contributed by atoms with van der Waals surface area (Å²) in [5.74, 6) is 0. The first-order valence-electron chi connectivity index (χ1n) is 7.19. The zero-order chi connectivity index (χ0) is 11.5. The Bertz CT molecular complexity index is 237. The normalized spacial score (nSPS) is 36.7. The van der Waals surface area contributed by atoms with Gasteiger partial charge in [-0.3, -0.25) is 4.90 Å². The second kappa shape index (κ2) is 5.65. The van der Waals surface area contributed by atoms with Gasteiger partial charge in [0.25, 0.3) is 0 Å². The van der Waals surface area contributed by atoms with E-state index in [0.717, 1.165) is 38.4 Å². The summed E-state index contributed by atoms with van der Waals surface area (Å²) < 4.78 is 5.43. The molecule has 4 nitrogen and oxygen atoms in total. The van der Waals surface area contributed by atoms with Gasteiger partial charge in [-0.25, -0.2) is 0 Å². The third-order valence-corrected chi connectivity index (χ3v) is 4.45. The number of hydrogen-bond donors (Lipinski definition) is 1. The van der Waals surface area contributed by atoms with Crippen LogP contribution in [0.4, 0.5) is 0 Å². The van der Waals surface area contributed by atoms with Gasteiger partial charge in [0.2, 0.25) is 0 Å². The molecule has 2 unspecified atom stereocenters. The van der Waals surface area contributed by atoms with Gasteiger partial charge in [-0.05, 0) is 32.4 Å². The molecule has 0 aromatic rings. The Kier molecular flexibility index (Phi) is 3.96. The summed E-state index contributed by atoms with van der Waals surface area (Å²) in [6.45, 7) is 9.20. The van der Waals surface area contributed by atoms with Crippen LogP contribution in [0.2, 0.25) is 0 Å². The molecule has 0 radical (unpaired) electrons. The Balaban J connectivity index is 1.44. The van der Waals surface area contributed by atoms with Crippen molar-refractivity contribution in [3.05, 3.63) is 0 Å². The number of ether oxygens (including phenoxy) is 1. The number of morpholine rings is 1. The molecule has 4 heteroatoms. The molecule has 0 aliphatic carbocycles. The Labute approximate surface area is 104 Å². The maximum absolute atomic E-state index is 5.43. The summed E-state index contributed by atoms with van der Waals surface area (Å²) >= 11 is 0. The molecule has 0 bridgehead atoms. The molecule has 3 aliphatic rings. The average Bonchev–Trinajstić information content (AvgIpc) is 3.02. The van der Waals surface area contributed by atoms with Gasteiger partial charge in [-0.2, -0.15) is 0 Å². The van der Waals surface area contributed by atoms with Crippen molar-refractivity contribution in [3.63, 3.8) is 0 Å². The number of nitrogens with one attached hydrogen (secondary N) is 1. The Morgan fingerprint density at radius 3 is 2.76 bits per heavy atom. The van der Waals surface area contributed by atoms with Gasteiger partial charge in [-0.15, -0.1) is 0 Å². The SMILES string of the molecule is C1CNC(CN2CCC(N3CCOCC3)C2)C1. The first-order chi connectivity index (χ1) is 8.42. The number of rotatable bonds is 3. The molecule has 2 atom stereocenters. The van der Waals surface area contributed by atoms with E-state index in [-0.39, 0.29) is 0 Å². The van der Waals surface area contributed by atoms with Crippen molar-refractivity contribution < 1.29 is 4.74 Å². The molecule has 0 spiro atoms. The molecular formula is C13H25N3O. The van der Waals surface area contributed by atoms with Crippen LogP contribution in [0.15, 0.2) is 0 Å². The lowest BCUT2D eigenvalue weighted by molar-refractivity contribution is 0.0184. The standard InChI is InChI=1S/C13H25N3O/c1-2-12(14-4-1)10-15-5-3-13(11-15)16-6-8-17-9-7-16/h12-14H,1-11H2. The van der Waals surface area contributed by atoms with Gasteiger partial charge in [0, 0.05) is 38.3 Å². The molecule has 3 saturated heterocycles. The molecule has 3 heterocycles. The number of likely N-dealkylation sites (tertiary alicyclic amines) is 1. The molecule has 3 rings (SSSR count). The number of hydrogen-bond acceptors (Lipinski definition) is 4. The summed E-state index contributed by atoms with van der Waals surface area (Å²) in [7, 11) is 0. The molecule has 3 aliphatic heterocycles. The van der Waals surface area contributed by atoms with E-state index in [9.17, 15) is 0 Å². The molecule has 17 heavy (non-hydrogen) atoms. The smallest absolute Gasteiger partial charge is 0.0594 e. The van der Waals surface area contributed by atoms with Gasteiger partial charge in [0.15, 0.2) is 0 Å².